The van der Waals surface area contributed by atoms with Crippen LogP contribution in [0.25, 0.3) is 11.0 Å². The van der Waals surface area contributed by atoms with Crippen molar-refractivity contribution in [2.45, 2.75) is 38.6 Å². The highest BCUT2D eigenvalue weighted by molar-refractivity contribution is 6.31. The number of halogens is 1. The third-order valence-corrected chi connectivity index (χ3v) is 6.21. The van der Waals surface area contributed by atoms with Crippen LogP contribution in [-0.2, 0) is 11.3 Å². The van der Waals surface area contributed by atoms with E-state index in [2.05, 4.69) is 17.2 Å². The average Bonchev–Trinajstić information content (AvgIpc) is 3.31. The predicted molar refractivity (Wildman–Crippen MR) is 125 cm³/mol. The van der Waals surface area contributed by atoms with Crippen molar-refractivity contribution in [1.29, 1.82) is 0 Å². The summed E-state index contributed by atoms with van der Waals surface area (Å²) < 4.78 is 8.18. The lowest BCUT2D eigenvalue weighted by Gasteiger charge is -2.16. The largest absolute Gasteiger partial charge is 0.494 e. The first kappa shape index (κ1) is 21.4. The SMILES string of the molecule is C=CCN1C[C@@H](c2nc3ccccc3n2CCCCOc2ccc(Cl)c(C)c2)CC1=O. The van der Waals surface area contributed by atoms with E-state index in [1.807, 2.05) is 48.2 Å². The van der Waals surface area contributed by atoms with Gasteiger partial charge < -0.3 is 14.2 Å². The van der Waals surface area contributed by atoms with Gasteiger partial charge in [-0.1, -0.05) is 29.8 Å². The lowest BCUT2D eigenvalue weighted by Crippen LogP contribution is -2.25. The number of aromatic nitrogens is 2. The zero-order chi connectivity index (χ0) is 21.8. The lowest BCUT2D eigenvalue weighted by atomic mass is 10.1. The summed E-state index contributed by atoms with van der Waals surface area (Å²) in [7, 11) is 0. The number of amides is 1. The molecule has 0 unspecified atom stereocenters. The van der Waals surface area contributed by atoms with Crippen molar-refractivity contribution in [3.8, 4) is 5.75 Å². The Labute approximate surface area is 188 Å². The van der Waals surface area contributed by atoms with E-state index in [9.17, 15) is 4.79 Å². The molecule has 2 heterocycles. The van der Waals surface area contributed by atoms with Gasteiger partial charge in [-0.15, -0.1) is 6.58 Å². The second-order valence-corrected chi connectivity index (χ2v) is 8.47. The third kappa shape index (κ3) is 4.77. The quantitative estimate of drug-likeness (QED) is 0.334. The molecule has 3 aromatic rings. The topological polar surface area (TPSA) is 47.4 Å². The Hall–Kier alpha value is -2.79. The number of carbonyl (C=O) groups is 1. The molecule has 6 heteroatoms. The Morgan fingerprint density at radius 3 is 2.90 bits per heavy atom. The maximum Gasteiger partial charge on any atom is 0.223 e. The van der Waals surface area contributed by atoms with Crippen LogP contribution in [0.15, 0.2) is 55.1 Å². The lowest BCUT2D eigenvalue weighted by molar-refractivity contribution is -0.127. The molecule has 1 fully saturated rings. The van der Waals surface area contributed by atoms with Crippen molar-refractivity contribution in [3.63, 3.8) is 0 Å². The molecule has 1 aromatic heterocycles. The molecule has 162 valence electrons. The minimum absolute atomic E-state index is 0.119. The average molecular weight is 438 g/mol. The van der Waals surface area contributed by atoms with Crippen LogP contribution in [0.1, 0.15) is 36.6 Å². The summed E-state index contributed by atoms with van der Waals surface area (Å²) in [5.74, 6) is 2.15. The fraction of sp³-hybridized carbons (Fsp3) is 0.360. The Kier molecular flexibility index (Phi) is 6.62. The second-order valence-electron chi connectivity index (χ2n) is 8.07. The second kappa shape index (κ2) is 9.56. The molecule has 0 spiro atoms. The van der Waals surface area contributed by atoms with Crippen molar-refractivity contribution in [3.05, 3.63) is 71.5 Å². The van der Waals surface area contributed by atoms with Crippen LogP contribution in [0, 0.1) is 6.92 Å². The smallest absolute Gasteiger partial charge is 0.223 e. The number of benzene rings is 2. The van der Waals surface area contributed by atoms with Crippen molar-refractivity contribution in [1.82, 2.24) is 14.5 Å². The number of hydrogen-bond donors (Lipinski definition) is 0. The number of rotatable bonds is 9. The zero-order valence-electron chi connectivity index (χ0n) is 17.9. The third-order valence-electron chi connectivity index (χ3n) is 5.79. The molecular weight excluding hydrogens is 410 g/mol. The molecule has 0 radical (unpaired) electrons. The van der Waals surface area contributed by atoms with E-state index < -0.39 is 0 Å². The summed E-state index contributed by atoms with van der Waals surface area (Å²) in [6.07, 6.45) is 4.19. The standard InChI is InChI=1S/C25H28ClN3O2/c1-3-12-28-17-19(16-24(28)30)25-27-22-8-4-5-9-23(22)29(25)13-6-7-14-31-20-10-11-21(26)18(2)15-20/h3-5,8-11,15,19H,1,6-7,12-14,16-17H2,2H3/t19-/m0/s1. The number of hydrogen-bond acceptors (Lipinski definition) is 3. The Bertz CT molecular complexity index is 1090. The molecule has 0 bridgehead atoms. The highest BCUT2D eigenvalue weighted by Crippen LogP contribution is 2.30. The first-order chi connectivity index (χ1) is 15.1. The van der Waals surface area contributed by atoms with E-state index in [1.165, 1.54) is 0 Å². The predicted octanol–water partition coefficient (Wildman–Crippen LogP) is 5.36. The van der Waals surface area contributed by atoms with Crippen molar-refractivity contribution in [2.24, 2.45) is 0 Å². The number of aryl methyl sites for hydroxylation is 2. The Balaban J connectivity index is 1.42. The fourth-order valence-corrected chi connectivity index (χ4v) is 4.30. The van der Waals surface area contributed by atoms with Crippen molar-refractivity contribution < 1.29 is 9.53 Å². The van der Waals surface area contributed by atoms with E-state index in [0.29, 0.717) is 26.1 Å². The summed E-state index contributed by atoms with van der Waals surface area (Å²) in [5, 5.41) is 0.754. The van der Waals surface area contributed by atoms with Crippen LogP contribution < -0.4 is 4.74 Å². The van der Waals surface area contributed by atoms with E-state index >= 15 is 0 Å². The van der Waals surface area contributed by atoms with E-state index in [-0.39, 0.29) is 11.8 Å². The molecule has 31 heavy (non-hydrogen) atoms. The van der Waals surface area contributed by atoms with Crippen LogP contribution in [0.4, 0.5) is 0 Å². The van der Waals surface area contributed by atoms with Gasteiger partial charge in [0.25, 0.3) is 0 Å². The van der Waals surface area contributed by atoms with Gasteiger partial charge in [0.1, 0.15) is 11.6 Å². The normalized spacial score (nSPS) is 16.3. The van der Waals surface area contributed by atoms with Gasteiger partial charge in [-0.3, -0.25) is 4.79 Å². The van der Waals surface area contributed by atoms with E-state index in [4.69, 9.17) is 21.3 Å². The first-order valence-electron chi connectivity index (χ1n) is 10.8. The van der Waals surface area contributed by atoms with Gasteiger partial charge in [-0.25, -0.2) is 4.98 Å². The minimum atomic E-state index is 0.119. The summed E-state index contributed by atoms with van der Waals surface area (Å²) in [6, 6.07) is 13.9. The number of ether oxygens (including phenoxy) is 1. The monoisotopic (exact) mass is 437 g/mol. The van der Waals surface area contributed by atoms with Gasteiger partial charge >= 0.3 is 0 Å². The van der Waals surface area contributed by atoms with Gasteiger partial charge in [0.05, 0.1) is 17.6 Å². The van der Waals surface area contributed by atoms with Gasteiger partial charge in [0, 0.05) is 37.0 Å². The van der Waals surface area contributed by atoms with Gasteiger partial charge in [0.15, 0.2) is 0 Å². The number of fused-ring (bicyclic) bond motifs is 1. The van der Waals surface area contributed by atoms with Crippen LogP contribution >= 0.6 is 11.6 Å². The van der Waals surface area contributed by atoms with E-state index in [0.717, 1.165) is 52.6 Å². The Morgan fingerprint density at radius 2 is 2.10 bits per heavy atom. The molecular formula is C25H28ClN3O2. The first-order valence-corrected chi connectivity index (χ1v) is 11.2. The van der Waals surface area contributed by atoms with Gasteiger partial charge in [-0.05, 0) is 55.7 Å². The molecule has 1 amide bonds. The molecule has 0 aliphatic carbocycles. The summed E-state index contributed by atoms with van der Waals surface area (Å²) in [6.45, 7) is 8.54. The molecule has 4 rings (SSSR count). The van der Waals surface area contributed by atoms with Gasteiger partial charge in [-0.2, -0.15) is 0 Å². The molecule has 2 aromatic carbocycles. The Morgan fingerprint density at radius 1 is 1.26 bits per heavy atom. The van der Waals surface area contributed by atoms with Crippen LogP contribution in [0.5, 0.6) is 5.75 Å². The van der Waals surface area contributed by atoms with Crippen molar-refractivity contribution in [2.75, 3.05) is 19.7 Å². The highest BCUT2D eigenvalue weighted by atomic mass is 35.5. The molecule has 1 atom stereocenters. The minimum Gasteiger partial charge on any atom is -0.494 e. The van der Waals surface area contributed by atoms with E-state index in [1.54, 1.807) is 6.08 Å². The maximum absolute atomic E-state index is 12.4. The van der Waals surface area contributed by atoms with Crippen LogP contribution in [0.3, 0.4) is 0 Å². The number of unbranched alkanes of at least 4 members (excludes halogenated alkanes) is 1. The zero-order valence-corrected chi connectivity index (χ0v) is 18.6. The molecule has 1 aliphatic rings. The van der Waals surface area contributed by atoms with Crippen LogP contribution in [0.2, 0.25) is 5.02 Å². The molecule has 0 N–H and O–H groups in total. The number of nitrogens with zero attached hydrogens (tertiary/aromatic N) is 3. The number of imidazole rings is 1. The maximum atomic E-state index is 12.4. The summed E-state index contributed by atoms with van der Waals surface area (Å²) >= 11 is 6.08. The molecule has 1 saturated heterocycles. The molecule has 1 aliphatic heterocycles. The number of para-hydroxylation sites is 2. The summed E-state index contributed by atoms with van der Waals surface area (Å²) in [5.41, 5.74) is 3.13. The fourth-order valence-electron chi connectivity index (χ4n) is 4.19. The van der Waals surface area contributed by atoms with Crippen molar-refractivity contribution >= 4 is 28.5 Å². The van der Waals surface area contributed by atoms with Gasteiger partial charge in [0.2, 0.25) is 5.91 Å². The van der Waals surface area contributed by atoms with Crippen LogP contribution in [-0.4, -0.2) is 40.1 Å². The molecule has 0 saturated carbocycles. The number of carbonyl (C=O) groups excluding carboxylic acids is 1. The molecule has 5 nitrogen and oxygen atoms in total. The number of likely N-dealkylation sites (tertiary alicyclic amines) is 1. The summed E-state index contributed by atoms with van der Waals surface area (Å²) in [4.78, 5) is 19.1. The highest BCUT2D eigenvalue weighted by Gasteiger charge is 2.33.